The summed E-state index contributed by atoms with van der Waals surface area (Å²) < 4.78 is 0. The van der Waals surface area contributed by atoms with E-state index in [0.29, 0.717) is 12.0 Å². The van der Waals surface area contributed by atoms with E-state index < -0.39 is 0 Å². The zero-order chi connectivity index (χ0) is 11.3. The van der Waals surface area contributed by atoms with Crippen molar-refractivity contribution in [3.05, 3.63) is 0 Å². The summed E-state index contributed by atoms with van der Waals surface area (Å²) in [5, 5.41) is 0. The maximum Gasteiger partial charge on any atom is 0.00740 e. The van der Waals surface area contributed by atoms with Crippen LogP contribution in [0.4, 0.5) is 0 Å². The van der Waals surface area contributed by atoms with E-state index in [1.165, 1.54) is 32.2 Å². The molecule has 1 aliphatic rings. The molecule has 0 radical (unpaired) electrons. The summed E-state index contributed by atoms with van der Waals surface area (Å²) in [6, 6.07) is 0.371. The predicted molar refractivity (Wildman–Crippen MR) is 66.9 cm³/mol. The molecule has 1 fully saturated rings. The molecule has 0 saturated heterocycles. The molecule has 0 spiro atoms. The second-order valence-electron chi connectivity index (χ2n) is 5.61. The minimum atomic E-state index is 0.371. The van der Waals surface area contributed by atoms with Crippen molar-refractivity contribution in [2.45, 2.75) is 52.0 Å². The Balaban J connectivity index is 2.09. The van der Waals surface area contributed by atoms with Gasteiger partial charge >= 0.3 is 0 Å². The van der Waals surface area contributed by atoms with E-state index in [4.69, 9.17) is 5.73 Å². The van der Waals surface area contributed by atoms with Gasteiger partial charge in [-0.2, -0.15) is 0 Å². The molecule has 0 aromatic heterocycles. The van der Waals surface area contributed by atoms with Crippen molar-refractivity contribution >= 4 is 0 Å². The summed E-state index contributed by atoms with van der Waals surface area (Å²) in [4.78, 5) is 2.47. The molecular weight excluding hydrogens is 184 g/mol. The van der Waals surface area contributed by atoms with Crippen LogP contribution in [-0.4, -0.2) is 31.1 Å². The smallest absolute Gasteiger partial charge is 0.00740 e. The van der Waals surface area contributed by atoms with Crippen molar-refractivity contribution in [2.24, 2.45) is 17.6 Å². The van der Waals surface area contributed by atoms with Crippen LogP contribution >= 0.6 is 0 Å². The monoisotopic (exact) mass is 212 g/mol. The lowest BCUT2D eigenvalue weighted by atomic mass is 10.0. The average molecular weight is 212 g/mol. The molecule has 0 amide bonds. The number of nitrogens with two attached hydrogens (primary N) is 1. The van der Waals surface area contributed by atoms with Gasteiger partial charge in [0, 0.05) is 12.6 Å². The molecule has 1 saturated carbocycles. The SMILES string of the molecule is CC(C)C(N)CCN(C)CC1CCCC1. The van der Waals surface area contributed by atoms with Crippen molar-refractivity contribution in [3.8, 4) is 0 Å². The normalized spacial score (nSPS) is 20.4. The molecule has 0 aromatic rings. The van der Waals surface area contributed by atoms with Gasteiger partial charge in [-0.3, -0.25) is 0 Å². The van der Waals surface area contributed by atoms with Crippen molar-refractivity contribution < 1.29 is 0 Å². The van der Waals surface area contributed by atoms with Gasteiger partial charge in [-0.15, -0.1) is 0 Å². The maximum atomic E-state index is 6.05. The molecule has 2 nitrogen and oxygen atoms in total. The Hall–Kier alpha value is -0.0800. The third-order valence-electron chi connectivity index (χ3n) is 3.75. The maximum absolute atomic E-state index is 6.05. The first-order valence-electron chi connectivity index (χ1n) is 6.53. The van der Waals surface area contributed by atoms with Crippen LogP contribution in [-0.2, 0) is 0 Å². The van der Waals surface area contributed by atoms with Crippen molar-refractivity contribution in [3.63, 3.8) is 0 Å². The lowest BCUT2D eigenvalue weighted by Gasteiger charge is -2.23. The van der Waals surface area contributed by atoms with E-state index in [2.05, 4.69) is 25.8 Å². The van der Waals surface area contributed by atoms with Crippen LogP contribution in [0.25, 0.3) is 0 Å². The number of rotatable bonds is 6. The van der Waals surface area contributed by atoms with Crippen LogP contribution < -0.4 is 5.73 Å². The zero-order valence-corrected chi connectivity index (χ0v) is 10.7. The Morgan fingerprint density at radius 1 is 1.27 bits per heavy atom. The first-order chi connectivity index (χ1) is 7.09. The molecule has 1 unspecified atom stereocenters. The topological polar surface area (TPSA) is 29.3 Å². The zero-order valence-electron chi connectivity index (χ0n) is 10.7. The molecule has 0 aromatic carbocycles. The van der Waals surface area contributed by atoms with Gasteiger partial charge in [0.1, 0.15) is 0 Å². The van der Waals surface area contributed by atoms with E-state index in [0.717, 1.165) is 18.9 Å². The fourth-order valence-corrected chi connectivity index (χ4v) is 2.43. The van der Waals surface area contributed by atoms with Crippen molar-refractivity contribution in [1.82, 2.24) is 4.90 Å². The molecule has 1 aliphatic carbocycles. The summed E-state index contributed by atoms with van der Waals surface area (Å²) in [7, 11) is 2.24. The Morgan fingerprint density at radius 2 is 1.87 bits per heavy atom. The average Bonchev–Trinajstić information content (AvgIpc) is 2.66. The molecule has 90 valence electrons. The molecule has 2 N–H and O–H groups in total. The van der Waals surface area contributed by atoms with Crippen molar-refractivity contribution in [1.29, 1.82) is 0 Å². The minimum Gasteiger partial charge on any atom is -0.327 e. The first-order valence-corrected chi connectivity index (χ1v) is 6.53. The molecule has 2 heteroatoms. The van der Waals surface area contributed by atoms with Crippen LogP contribution in [0.3, 0.4) is 0 Å². The third-order valence-corrected chi connectivity index (χ3v) is 3.75. The van der Waals surface area contributed by atoms with Crippen LogP contribution in [0.1, 0.15) is 46.0 Å². The largest absolute Gasteiger partial charge is 0.327 e. The molecule has 15 heavy (non-hydrogen) atoms. The minimum absolute atomic E-state index is 0.371. The molecule has 1 atom stereocenters. The van der Waals surface area contributed by atoms with Gasteiger partial charge in [-0.25, -0.2) is 0 Å². The molecule has 1 rings (SSSR count). The highest BCUT2D eigenvalue weighted by molar-refractivity contribution is 4.72. The van der Waals surface area contributed by atoms with E-state index in [1.54, 1.807) is 0 Å². The highest BCUT2D eigenvalue weighted by atomic mass is 15.1. The predicted octanol–water partition coefficient (Wildman–Crippen LogP) is 2.48. The Kier molecular flexibility index (Phi) is 5.62. The second kappa shape index (κ2) is 6.49. The van der Waals surface area contributed by atoms with E-state index >= 15 is 0 Å². The van der Waals surface area contributed by atoms with Crippen LogP contribution in [0.5, 0.6) is 0 Å². The highest BCUT2D eigenvalue weighted by Gasteiger charge is 2.17. The fourth-order valence-electron chi connectivity index (χ4n) is 2.43. The van der Waals surface area contributed by atoms with Gasteiger partial charge in [0.05, 0.1) is 0 Å². The highest BCUT2D eigenvalue weighted by Crippen LogP contribution is 2.25. The lowest BCUT2D eigenvalue weighted by Crippen LogP contribution is -2.33. The van der Waals surface area contributed by atoms with Crippen LogP contribution in [0, 0.1) is 11.8 Å². The standard InChI is InChI=1S/C13H28N2/c1-11(2)13(14)8-9-15(3)10-12-6-4-5-7-12/h11-13H,4-10,14H2,1-3H3. The summed E-state index contributed by atoms with van der Waals surface area (Å²) >= 11 is 0. The van der Waals surface area contributed by atoms with Crippen molar-refractivity contribution in [2.75, 3.05) is 20.1 Å². The molecule has 0 bridgehead atoms. The Labute approximate surface area is 95.2 Å². The fraction of sp³-hybridized carbons (Fsp3) is 1.00. The van der Waals surface area contributed by atoms with Gasteiger partial charge < -0.3 is 10.6 Å². The van der Waals surface area contributed by atoms with Crippen LogP contribution in [0.15, 0.2) is 0 Å². The quantitative estimate of drug-likeness (QED) is 0.733. The van der Waals surface area contributed by atoms with E-state index in [-0.39, 0.29) is 0 Å². The summed E-state index contributed by atoms with van der Waals surface area (Å²) in [5.41, 5.74) is 6.05. The molecular formula is C13H28N2. The lowest BCUT2D eigenvalue weighted by molar-refractivity contribution is 0.260. The molecule has 0 aliphatic heterocycles. The number of nitrogens with zero attached hydrogens (tertiary/aromatic N) is 1. The van der Waals surface area contributed by atoms with Gasteiger partial charge in [-0.1, -0.05) is 26.7 Å². The molecule has 0 heterocycles. The summed E-state index contributed by atoms with van der Waals surface area (Å²) in [5.74, 6) is 1.58. The van der Waals surface area contributed by atoms with E-state index in [9.17, 15) is 0 Å². The van der Waals surface area contributed by atoms with Gasteiger partial charge in [0.15, 0.2) is 0 Å². The second-order valence-corrected chi connectivity index (χ2v) is 5.61. The third kappa shape index (κ3) is 4.98. The first kappa shape index (κ1) is 13.0. The Bertz CT molecular complexity index is 162. The Morgan fingerprint density at radius 3 is 2.40 bits per heavy atom. The summed E-state index contributed by atoms with van der Waals surface area (Å²) in [6.45, 7) is 6.87. The number of hydrogen-bond donors (Lipinski definition) is 1. The number of hydrogen-bond acceptors (Lipinski definition) is 2. The summed E-state index contributed by atoms with van der Waals surface area (Å²) in [6.07, 6.45) is 6.93. The van der Waals surface area contributed by atoms with Gasteiger partial charge in [0.2, 0.25) is 0 Å². The van der Waals surface area contributed by atoms with Gasteiger partial charge in [-0.05, 0) is 44.7 Å². The van der Waals surface area contributed by atoms with Gasteiger partial charge in [0.25, 0.3) is 0 Å². The van der Waals surface area contributed by atoms with Crippen LogP contribution in [0.2, 0.25) is 0 Å². The van der Waals surface area contributed by atoms with E-state index in [1.807, 2.05) is 0 Å².